The highest BCUT2D eigenvalue weighted by Gasteiger charge is 2.25. The van der Waals surface area contributed by atoms with Crippen LogP contribution in [-0.4, -0.2) is 46.3 Å². The van der Waals surface area contributed by atoms with Crippen molar-refractivity contribution in [1.82, 2.24) is 20.4 Å². The number of hydrogen-bond donors (Lipinski definition) is 1. The van der Waals surface area contributed by atoms with Crippen LogP contribution in [0.4, 0.5) is 0 Å². The van der Waals surface area contributed by atoms with E-state index in [0.717, 1.165) is 48.1 Å². The Kier molecular flexibility index (Phi) is 7.02. The predicted octanol–water partition coefficient (Wildman–Crippen LogP) is 3.65. The minimum atomic E-state index is 0.0886. The van der Waals surface area contributed by atoms with Crippen LogP contribution in [0.1, 0.15) is 24.5 Å². The monoisotopic (exact) mass is 432 g/mol. The number of thioether (sulfide) groups is 1. The van der Waals surface area contributed by atoms with Gasteiger partial charge < -0.3 is 14.3 Å². The second-order valence-corrected chi connectivity index (χ2v) is 9.02. The van der Waals surface area contributed by atoms with Crippen LogP contribution in [0.2, 0.25) is 0 Å². The maximum absolute atomic E-state index is 12.4. The third-order valence-corrected chi connectivity index (χ3v) is 6.74. The molecule has 0 unspecified atom stereocenters. The number of carbonyl (C=O) groups is 1. The van der Waals surface area contributed by atoms with Crippen LogP contribution in [0.15, 0.2) is 44.8 Å². The van der Waals surface area contributed by atoms with Gasteiger partial charge in [-0.3, -0.25) is 9.69 Å². The zero-order valence-electron chi connectivity index (χ0n) is 16.1. The quantitative estimate of drug-likeness (QED) is 0.517. The van der Waals surface area contributed by atoms with Crippen LogP contribution in [0.5, 0.6) is 0 Å². The number of rotatable bonds is 9. The van der Waals surface area contributed by atoms with Crippen LogP contribution >= 0.6 is 23.1 Å². The van der Waals surface area contributed by atoms with Gasteiger partial charge in [-0.15, -0.1) is 11.3 Å². The van der Waals surface area contributed by atoms with Crippen molar-refractivity contribution in [1.29, 1.82) is 0 Å². The Morgan fingerprint density at radius 1 is 1.31 bits per heavy atom. The fraction of sp³-hybridized carbons (Fsp3) is 0.450. The topological polar surface area (TPSA) is 84.4 Å². The van der Waals surface area contributed by atoms with Gasteiger partial charge in [-0.25, -0.2) is 0 Å². The summed E-state index contributed by atoms with van der Waals surface area (Å²) in [6.45, 7) is 3.05. The van der Waals surface area contributed by atoms with Gasteiger partial charge in [0.25, 0.3) is 0 Å². The largest absolute Gasteiger partial charge is 0.468 e. The summed E-state index contributed by atoms with van der Waals surface area (Å²) in [5.41, 5.74) is 0. The summed E-state index contributed by atoms with van der Waals surface area (Å²) in [5, 5.41) is 9.12. The summed E-state index contributed by atoms with van der Waals surface area (Å²) in [6.07, 6.45) is 3.40. The molecule has 1 aliphatic rings. The Balaban J connectivity index is 1.13. The molecule has 0 aromatic carbocycles. The normalized spacial score (nSPS) is 15.6. The van der Waals surface area contributed by atoms with Gasteiger partial charge >= 0.3 is 0 Å². The van der Waals surface area contributed by atoms with Crippen LogP contribution < -0.4 is 5.32 Å². The minimum absolute atomic E-state index is 0.0886. The van der Waals surface area contributed by atoms with Gasteiger partial charge in [0, 0.05) is 18.2 Å². The SMILES string of the molecule is O=C(NCCSCc1ccco1)C1CCN(Cc2nc(-c3cccs3)no2)CC1. The summed E-state index contributed by atoms with van der Waals surface area (Å²) in [4.78, 5) is 20.2. The van der Waals surface area contributed by atoms with E-state index in [4.69, 9.17) is 8.94 Å². The Labute approximate surface area is 177 Å². The lowest BCUT2D eigenvalue weighted by atomic mass is 9.96. The van der Waals surface area contributed by atoms with Crippen LogP contribution in [0, 0.1) is 5.92 Å². The van der Waals surface area contributed by atoms with E-state index in [1.807, 2.05) is 29.6 Å². The van der Waals surface area contributed by atoms with Crippen LogP contribution in [0.3, 0.4) is 0 Å². The Hall–Kier alpha value is -2.10. The molecule has 1 saturated heterocycles. The van der Waals surface area contributed by atoms with Crippen molar-refractivity contribution >= 4 is 29.0 Å². The Morgan fingerprint density at radius 2 is 2.21 bits per heavy atom. The molecule has 1 amide bonds. The van der Waals surface area contributed by atoms with Crippen molar-refractivity contribution in [3.05, 3.63) is 47.6 Å². The lowest BCUT2D eigenvalue weighted by Gasteiger charge is -2.30. The number of nitrogens with zero attached hydrogens (tertiary/aromatic N) is 3. The molecule has 3 aromatic rings. The van der Waals surface area contributed by atoms with Crippen molar-refractivity contribution in [2.24, 2.45) is 5.92 Å². The summed E-state index contributed by atoms with van der Waals surface area (Å²) in [5.74, 6) is 4.23. The van der Waals surface area contributed by atoms with Crippen molar-refractivity contribution in [2.45, 2.75) is 25.1 Å². The lowest BCUT2D eigenvalue weighted by molar-refractivity contribution is -0.126. The molecule has 9 heteroatoms. The predicted molar refractivity (Wildman–Crippen MR) is 113 cm³/mol. The fourth-order valence-corrected chi connectivity index (χ4v) is 4.73. The maximum atomic E-state index is 12.4. The first kappa shape index (κ1) is 20.2. The molecule has 4 heterocycles. The van der Waals surface area contributed by atoms with Crippen LogP contribution in [0.25, 0.3) is 10.7 Å². The molecule has 0 aliphatic carbocycles. The molecule has 4 rings (SSSR count). The Bertz CT molecular complexity index is 872. The number of furan rings is 1. The molecule has 3 aromatic heterocycles. The standard InChI is InChI=1S/C20H24N4O3S2/c25-20(21-7-12-28-14-16-3-1-10-26-16)15-5-8-24(9-6-15)13-18-22-19(23-27-18)17-4-2-11-29-17/h1-4,10-11,15H,5-9,12-14H2,(H,21,25). The smallest absolute Gasteiger partial charge is 0.241 e. The first-order valence-corrected chi connectivity index (χ1v) is 11.8. The van der Waals surface area contributed by atoms with Gasteiger partial charge in [-0.05, 0) is 49.5 Å². The number of carbonyl (C=O) groups excluding carboxylic acids is 1. The summed E-state index contributed by atoms with van der Waals surface area (Å²) < 4.78 is 10.7. The van der Waals surface area contributed by atoms with E-state index in [0.29, 0.717) is 24.8 Å². The van der Waals surface area contributed by atoms with Gasteiger partial charge in [-0.1, -0.05) is 11.2 Å². The lowest BCUT2D eigenvalue weighted by Crippen LogP contribution is -2.40. The van der Waals surface area contributed by atoms with Gasteiger partial charge in [0.05, 0.1) is 23.4 Å². The van der Waals surface area contributed by atoms with Crippen molar-refractivity contribution < 1.29 is 13.7 Å². The average Bonchev–Trinajstić information content (AvgIpc) is 3.50. The van der Waals surface area contributed by atoms with Crippen molar-refractivity contribution in [2.75, 3.05) is 25.4 Å². The highest BCUT2D eigenvalue weighted by Crippen LogP contribution is 2.23. The number of likely N-dealkylation sites (tertiary alicyclic amines) is 1. The molecular formula is C20H24N4O3S2. The molecule has 0 radical (unpaired) electrons. The van der Waals surface area contributed by atoms with Gasteiger partial charge in [-0.2, -0.15) is 16.7 Å². The van der Waals surface area contributed by atoms with E-state index in [1.54, 1.807) is 29.4 Å². The molecule has 0 atom stereocenters. The summed E-state index contributed by atoms with van der Waals surface area (Å²) in [6, 6.07) is 7.82. The van der Waals surface area contributed by atoms with Crippen molar-refractivity contribution in [3.63, 3.8) is 0 Å². The molecule has 0 saturated carbocycles. The molecule has 1 N–H and O–H groups in total. The van der Waals surface area contributed by atoms with E-state index in [1.165, 1.54) is 0 Å². The zero-order valence-corrected chi connectivity index (χ0v) is 17.7. The van der Waals surface area contributed by atoms with Gasteiger partial charge in [0.1, 0.15) is 5.76 Å². The second kappa shape index (κ2) is 10.1. The van der Waals surface area contributed by atoms with Gasteiger partial charge in [0.2, 0.25) is 17.6 Å². The first-order valence-electron chi connectivity index (χ1n) is 9.74. The second-order valence-electron chi connectivity index (χ2n) is 6.96. The fourth-order valence-electron chi connectivity index (χ4n) is 3.33. The van der Waals surface area contributed by atoms with E-state index in [2.05, 4.69) is 20.4 Å². The van der Waals surface area contributed by atoms with Crippen molar-refractivity contribution in [3.8, 4) is 10.7 Å². The number of aromatic nitrogens is 2. The number of nitrogens with one attached hydrogen (secondary N) is 1. The van der Waals surface area contributed by atoms with E-state index in [9.17, 15) is 4.79 Å². The molecule has 29 heavy (non-hydrogen) atoms. The maximum Gasteiger partial charge on any atom is 0.241 e. The minimum Gasteiger partial charge on any atom is -0.468 e. The highest BCUT2D eigenvalue weighted by atomic mass is 32.2. The van der Waals surface area contributed by atoms with E-state index in [-0.39, 0.29) is 11.8 Å². The number of hydrogen-bond acceptors (Lipinski definition) is 8. The molecule has 1 aliphatic heterocycles. The molecule has 1 fully saturated rings. The summed E-state index contributed by atoms with van der Waals surface area (Å²) in [7, 11) is 0. The molecule has 154 valence electrons. The van der Waals surface area contributed by atoms with E-state index >= 15 is 0 Å². The van der Waals surface area contributed by atoms with Gasteiger partial charge in [0.15, 0.2) is 0 Å². The Morgan fingerprint density at radius 3 is 2.97 bits per heavy atom. The van der Waals surface area contributed by atoms with Crippen LogP contribution in [-0.2, 0) is 17.1 Å². The molecule has 7 nitrogen and oxygen atoms in total. The van der Waals surface area contributed by atoms with E-state index < -0.39 is 0 Å². The third-order valence-electron chi connectivity index (χ3n) is 4.90. The molecule has 0 spiro atoms. The number of amides is 1. The highest BCUT2D eigenvalue weighted by molar-refractivity contribution is 7.98. The average molecular weight is 433 g/mol. The first-order chi connectivity index (χ1) is 14.3. The third kappa shape index (κ3) is 5.71. The molecule has 0 bridgehead atoms. The zero-order chi connectivity index (χ0) is 19.9. The number of piperidine rings is 1. The molecular weight excluding hydrogens is 408 g/mol. The summed E-state index contributed by atoms with van der Waals surface area (Å²) >= 11 is 3.36. The number of thiophene rings is 1.